The molecule has 8 nitrogen and oxygen atoms in total. The van der Waals surface area contributed by atoms with E-state index < -0.39 is 0 Å². The Morgan fingerprint density at radius 3 is 2.57 bits per heavy atom. The maximum absolute atomic E-state index is 12.9. The van der Waals surface area contributed by atoms with Crippen LogP contribution >= 0.6 is 11.3 Å². The second-order valence-electron chi connectivity index (χ2n) is 8.66. The number of aromatic nitrogens is 1. The molecule has 1 aromatic heterocycles. The molecule has 1 aliphatic carbocycles. The highest BCUT2D eigenvalue weighted by Crippen LogP contribution is 2.31. The first kappa shape index (κ1) is 24.7. The van der Waals surface area contributed by atoms with Crippen LogP contribution in [0.25, 0.3) is 0 Å². The first-order valence-electron chi connectivity index (χ1n) is 11.4. The molecule has 0 bridgehead atoms. The molecule has 0 saturated carbocycles. The summed E-state index contributed by atoms with van der Waals surface area (Å²) in [7, 11) is 7.27. The maximum atomic E-state index is 12.9. The predicted octanol–water partition coefficient (Wildman–Crippen LogP) is 3.76. The third kappa shape index (κ3) is 5.80. The number of nitrogens with zero attached hydrogens (tertiary/aromatic N) is 2. The normalized spacial score (nSPS) is 14.8. The van der Waals surface area contributed by atoms with Crippen LogP contribution in [0.3, 0.4) is 0 Å². The zero-order valence-corrected chi connectivity index (χ0v) is 21.2. The molecule has 1 heterocycles. The molecule has 0 radical (unpaired) electrons. The summed E-state index contributed by atoms with van der Waals surface area (Å²) in [6.45, 7) is 0.284. The van der Waals surface area contributed by atoms with E-state index >= 15 is 0 Å². The second kappa shape index (κ2) is 10.9. The van der Waals surface area contributed by atoms with Gasteiger partial charge < -0.3 is 19.7 Å². The number of anilines is 1. The highest BCUT2D eigenvalue weighted by molar-refractivity contribution is 7.15. The number of carbonyl (C=O) groups is 2. The minimum Gasteiger partial charge on any atom is -0.493 e. The van der Waals surface area contributed by atoms with Crippen LogP contribution in [0.4, 0.5) is 5.13 Å². The van der Waals surface area contributed by atoms with Crippen LogP contribution in [0.5, 0.6) is 11.5 Å². The first-order valence-corrected chi connectivity index (χ1v) is 12.2. The van der Waals surface area contributed by atoms with Gasteiger partial charge in [-0.25, -0.2) is 4.98 Å². The molecule has 2 N–H and O–H groups in total. The number of rotatable bonds is 8. The molecule has 1 atom stereocenters. The van der Waals surface area contributed by atoms with Crippen LogP contribution < -0.4 is 20.1 Å². The molecule has 0 unspecified atom stereocenters. The van der Waals surface area contributed by atoms with Crippen LogP contribution in [0, 0.1) is 0 Å². The standard InChI is InChI=1S/C26H30N4O4S/c1-30(2)19-9-10-20-23(14-19)35-26(28-20)29-25(32)17-7-5-6-16(12-17)15-27-24(31)18-8-11-21(33-3)22(13-18)34-4/h5-8,11-13,19H,9-10,14-15H2,1-4H3,(H,27,31)(H,28,29,32)/t19-/m1/s1. The lowest BCUT2D eigenvalue weighted by atomic mass is 9.97. The Balaban J connectivity index is 1.38. The number of amides is 2. The molecule has 184 valence electrons. The zero-order chi connectivity index (χ0) is 24.9. The fraction of sp³-hybridized carbons (Fsp3) is 0.346. The summed E-state index contributed by atoms with van der Waals surface area (Å²) in [6, 6.07) is 12.7. The van der Waals surface area contributed by atoms with Gasteiger partial charge in [-0.1, -0.05) is 12.1 Å². The predicted molar refractivity (Wildman–Crippen MR) is 137 cm³/mol. The number of benzene rings is 2. The van der Waals surface area contributed by atoms with Crippen molar-refractivity contribution in [2.75, 3.05) is 33.6 Å². The van der Waals surface area contributed by atoms with E-state index in [1.807, 2.05) is 6.07 Å². The van der Waals surface area contributed by atoms with Crippen molar-refractivity contribution < 1.29 is 19.1 Å². The van der Waals surface area contributed by atoms with Gasteiger partial charge in [0.1, 0.15) is 0 Å². The van der Waals surface area contributed by atoms with Gasteiger partial charge in [-0.15, -0.1) is 11.3 Å². The van der Waals surface area contributed by atoms with Gasteiger partial charge in [0.15, 0.2) is 16.6 Å². The number of ether oxygens (including phenoxy) is 2. The van der Waals surface area contributed by atoms with Gasteiger partial charge in [-0.05, 0) is 69.3 Å². The molecule has 35 heavy (non-hydrogen) atoms. The fourth-order valence-corrected chi connectivity index (χ4v) is 5.18. The molecule has 0 saturated heterocycles. The van der Waals surface area contributed by atoms with E-state index in [1.54, 1.807) is 54.8 Å². The Kier molecular flexibility index (Phi) is 7.67. The number of nitrogens with one attached hydrogen (secondary N) is 2. The number of fused-ring (bicyclic) bond motifs is 1. The smallest absolute Gasteiger partial charge is 0.257 e. The molecule has 2 aromatic carbocycles. The summed E-state index contributed by atoms with van der Waals surface area (Å²) in [6.07, 6.45) is 2.97. The third-order valence-electron chi connectivity index (χ3n) is 6.15. The lowest BCUT2D eigenvalue weighted by molar-refractivity contribution is 0.0950. The highest BCUT2D eigenvalue weighted by Gasteiger charge is 2.24. The van der Waals surface area contributed by atoms with Gasteiger partial charge in [0, 0.05) is 28.6 Å². The van der Waals surface area contributed by atoms with Crippen LogP contribution in [-0.4, -0.2) is 56.1 Å². The Labute approximate surface area is 209 Å². The van der Waals surface area contributed by atoms with E-state index in [0.29, 0.717) is 33.8 Å². The average molecular weight is 495 g/mol. The van der Waals surface area contributed by atoms with Crippen molar-refractivity contribution in [2.45, 2.75) is 31.8 Å². The summed E-state index contributed by atoms with van der Waals surface area (Å²) in [5.41, 5.74) is 2.89. The number of carbonyl (C=O) groups excluding carboxylic acids is 2. The monoisotopic (exact) mass is 494 g/mol. The van der Waals surface area contributed by atoms with Crippen molar-refractivity contribution >= 4 is 28.3 Å². The Bertz CT molecular complexity index is 1220. The molecular formula is C26H30N4O4S. The molecule has 4 rings (SSSR count). The fourth-order valence-electron chi connectivity index (χ4n) is 4.11. The van der Waals surface area contributed by atoms with E-state index in [0.717, 1.165) is 30.5 Å². The minimum absolute atomic E-state index is 0.215. The Hall–Kier alpha value is -3.43. The van der Waals surface area contributed by atoms with Crippen molar-refractivity contribution in [1.82, 2.24) is 15.2 Å². The van der Waals surface area contributed by atoms with Crippen molar-refractivity contribution in [2.24, 2.45) is 0 Å². The number of likely N-dealkylation sites (N-methyl/N-ethyl adjacent to an activating group) is 1. The molecule has 9 heteroatoms. The summed E-state index contributed by atoms with van der Waals surface area (Å²) in [5.74, 6) is 0.583. The van der Waals surface area contributed by atoms with Crippen LogP contribution in [-0.2, 0) is 19.4 Å². The van der Waals surface area contributed by atoms with Gasteiger partial charge in [0.2, 0.25) is 0 Å². The van der Waals surface area contributed by atoms with Crippen molar-refractivity contribution in [3.8, 4) is 11.5 Å². The number of methoxy groups -OCH3 is 2. The summed E-state index contributed by atoms with van der Waals surface area (Å²) >= 11 is 1.56. The Morgan fingerprint density at radius 2 is 1.83 bits per heavy atom. The van der Waals surface area contributed by atoms with Gasteiger partial charge in [0.05, 0.1) is 19.9 Å². The summed E-state index contributed by atoms with van der Waals surface area (Å²) < 4.78 is 10.5. The van der Waals surface area contributed by atoms with Crippen LogP contribution in [0.15, 0.2) is 42.5 Å². The quantitative estimate of drug-likeness (QED) is 0.495. The summed E-state index contributed by atoms with van der Waals surface area (Å²) in [4.78, 5) is 33.6. The lowest BCUT2D eigenvalue weighted by Gasteiger charge is -2.27. The van der Waals surface area contributed by atoms with E-state index in [2.05, 4.69) is 34.6 Å². The molecule has 0 spiro atoms. The molecule has 0 aliphatic heterocycles. The van der Waals surface area contributed by atoms with Gasteiger partial charge >= 0.3 is 0 Å². The number of thiazole rings is 1. The molecule has 3 aromatic rings. The number of aryl methyl sites for hydroxylation is 1. The van der Waals surface area contributed by atoms with E-state index in [1.165, 1.54) is 12.0 Å². The van der Waals surface area contributed by atoms with Crippen molar-refractivity contribution in [3.63, 3.8) is 0 Å². The van der Waals surface area contributed by atoms with Crippen molar-refractivity contribution in [3.05, 3.63) is 69.7 Å². The number of hydrogen-bond donors (Lipinski definition) is 2. The third-order valence-corrected chi connectivity index (χ3v) is 7.19. The first-order chi connectivity index (χ1) is 16.9. The van der Waals surface area contributed by atoms with Gasteiger partial charge in [0.25, 0.3) is 11.8 Å². The average Bonchev–Trinajstić information content (AvgIpc) is 3.28. The van der Waals surface area contributed by atoms with Crippen LogP contribution in [0.2, 0.25) is 0 Å². The van der Waals surface area contributed by atoms with Gasteiger partial charge in [-0.3, -0.25) is 14.9 Å². The topological polar surface area (TPSA) is 92.8 Å². The maximum Gasteiger partial charge on any atom is 0.257 e. The lowest BCUT2D eigenvalue weighted by Crippen LogP contribution is -2.32. The Morgan fingerprint density at radius 1 is 1.06 bits per heavy atom. The van der Waals surface area contributed by atoms with E-state index in [4.69, 9.17) is 9.47 Å². The SMILES string of the molecule is COc1ccc(C(=O)NCc2cccc(C(=O)Nc3nc4c(s3)C[C@H](N(C)C)CC4)c2)cc1OC. The minimum atomic E-state index is -0.245. The molecule has 2 amide bonds. The molecule has 1 aliphatic rings. The second-order valence-corrected chi connectivity index (χ2v) is 9.74. The van der Waals surface area contributed by atoms with Crippen molar-refractivity contribution in [1.29, 1.82) is 0 Å². The van der Waals surface area contributed by atoms with Gasteiger partial charge in [-0.2, -0.15) is 0 Å². The molecule has 0 fully saturated rings. The van der Waals surface area contributed by atoms with E-state index in [9.17, 15) is 9.59 Å². The zero-order valence-electron chi connectivity index (χ0n) is 20.4. The van der Waals surface area contributed by atoms with E-state index in [-0.39, 0.29) is 18.4 Å². The largest absolute Gasteiger partial charge is 0.493 e. The number of hydrogen-bond acceptors (Lipinski definition) is 7. The molecular weight excluding hydrogens is 464 g/mol. The van der Waals surface area contributed by atoms with Crippen LogP contribution in [0.1, 0.15) is 43.3 Å². The summed E-state index contributed by atoms with van der Waals surface area (Å²) in [5, 5.41) is 6.46. The highest BCUT2D eigenvalue weighted by atomic mass is 32.1.